The normalized spacial score (nSPS) is 15.5. The van der Waals surface area contributed by atoms with Crippen LogP contribution in [0.4, 0.5) is 5.69 Å². The highest BCUT2D eigenvalue weighted by Gasteiger charge is 2.34. The quantitative estimate of drug-likeness (QED) is 0.831. The van der Waals surface area contributed by atoms with Gasteiger partial charge in [0.25, 0.3) is 5.91 Å². The number of carboxylic acids is 2. The van der Waals surface area contributed by atoms with Crippen LogP contribution in [0.15, 0.2) is 60.9 Å². The minimum Gasteiger partial charge on any atom is -0.478 e. The van der Waals surface area contributed by atoms with E-state index in [1.165, 1.54) is 0 Å². The maximum Gasteiger partial charge on any atom is 0.328 e. The summed E-state index contributed by atoms with van der Waals surface area (Å²) in [5.41, 5.74) is 2.79. The third-order valence-electron chi connectivity index (χ3n) is 3.56. The van der Waals surface area contributed by atoms with Gasteiger partial charge in [0.05, 0.1) is 6.04 Å². The number of benzene rings is 1. The van der Waals surface area contributed by atoms with E-state index in [0.29, 0.717) is 12.2 Å². The zero-order valence-electron chi connectivity index (χ0n) is 13.4. The van der Waals surface area contributed by atoms with Crippen LogP contribution >= 0.6 is 0 Å². The van der Waals surface area contributed by atoms with Gasteiger partial charge in [-0.15, -0.1) is 0 Å². The van der Waals surface area contributed by atoms with E-state index in [-0.39, 0.29) is 11.9 Å². The molecule has 2 aromatic rings. The first-order valence-corrected chi connectivity index (χ1v) is 7.38. The number of hydrogen-bond acceptors (Lipinski definition) is 4. The molecule has 7 nitrogen and oxygen atoms in total. The molecule has 2 N–H and O–H groups in total. The number of carbonyl (C=O) groups is 3. The van der Waals surface area contributed by atoms with Gasteiger partial charge in [0.15, 0.2) is 0 Å². The van der Waals surface area contributed by atoms with Crippen LogP contribution < -0.4 is 4.90 Å². The van der Waals surface area contributed by atoms with E-state index in [1.807, 2.05) is 48.2 Å². The number of aromatic nitrogens is 1. The Morgan fingerprint density at radius 2 is 1.60 bits per heavy atom. The fraction of sp³-hybridized carbons (Fsp3) is 0.111. The van der Waals surface area contributed by atoms with E-state index < -0.39 is 11.9 Å². The third-order valence-corrected chi connectivity index (χ3v) is 3.56. The Hall–Kier alpha value is -3.48. The summed E-state index contributed by atoms with van der Waals surface area (Å²) in [6, 6.07) is 11.6. The number of carboxylic acid groups (broad SMARTS) is 2. The molecule has 1 aromatic carbocycles. The van der Waals surface area contributed by atoms with Gasteiger partial charge < -0.3 is 15.1 Å². The Kier molecular flexibility index (Phi) is 5.62. The molecule has 1 aliphatic rings. The molecule has 1 unspecified atom stereocenters. The lowest BCUT2D eigenvalue weighted by molar-refractivity contribution is -0.134. The molecule has 0 spiro atoms. The topological polar surface area (TPSA) is 108 Å². The zero-order valence-corrected chi connectivity index (χ0v) is 13.4. The van der Waals surface area contributed by atoms with Gasteiger partial charge in [0.1, 0.15) is 0 Å². The average Bonchev–Trinajstić information content (AvgIpc) is 2.86. The summed E-state index contributed by atoms with van der Waals surface area (Å²) in [5, 5.41) is 15.6. The van der Waals surface area contributed by atoms with Crippen LogP contribution in [0, 0.1) is 0 Å². The van der Waals surface area contributed by atoms with Gasteiger partial charge in [0, 0.05) is 35.8 Å². The van der Waals surface area contributed by atoms with Crippen molar-refractivity contribution < 1.29 is 24.6 Å². The van der Waals surface area contributed by atoms with E-state index in [4.69, 9.17) is 10.2 Å². The molecule has 128 valence electrons. The Morgan fingerprint density at radius 3 is 2.12 bits per heavy atom. The van der Waals surface area contributed by atoms with Crippen molar-refractivity contribution in [1.82, 2.24) is 4.98 Å². The summed E-state index contributed by atoms with van der Waals surface area (Å²) >= 11 is 0. The molecule has 0 fully saturated rings. The lowest BCUT2D eigenvalue weighted by Crippen LogP contribution is -2.25. The molecule has 1 amide bonds. The van der Waals surface area contributed by atoms with Crippen LogP contribution in [-0.2, 0) is 9.59 Å². The number of hydrogen-bond donors (Lipinski definition) is 2. The lowest BCUT2D eigenvalue weighted by Gasteiger charge is -2.21. The number of amides is 1. The second kappa shape index (κ2) is 7.87. The van der Waals surface area contributed by atoms with Crippen molar-refractivity contribution in [3.8, 4) is 0 Å². The molecule has 1 aromatic heterocycles. The fourth-order valence-corrected chi connectivity index (χ4v) is 2.49. The van der Waals surface area contributed by atoms with Gasteiger partial charge in [-0.2, -0.15) is 0 Å². The molecule has 0 saturated carbocycles. The second-order valence-corrected chi connectivity index (χ2v) is 5.15. The predicted molar refractivity (Wildman–Crippen MR) is 90.3 cm³/mol. The number of nitrogens with zero attached hydrogens (tertiary/aromatic N) is 2. The predicted octanol–water partition coefficient (Wildman–Crippen LogP) is 2.51. The SMILES string of the molecule is CC1c2ccccc2C(=O)N1c1ccncc1.O=C(O)C=CC(=O)O. The second-order valence-electron chi connectivity index (χ2n) is 5.15. The van der Waals surface area contributed by atoms with Gasteiger partial charge >= 0.3 is 11.9 Å². The van der Waals surface area contributed by atoms with Crippen LogP contribution in [-0.4, -0.2) is 33.0 Å². The van der Waals surface area contributed by atoms with Crippen molar-refractivity contribution in [2.45, 2.75) is 13.0 Å². The molecule has 0 bridgehead atoms. The monoisotopic (exact) mass is 340 g/mol. The Labute approximate surface area is 143 Å². The van der Waals surface area contributed by atoms with Crippen molar-refractivity contribution in [2.75, 3.05) is 4.90 Å². The summed E-state index contributed by atoms with van der Waals surface area (Å²) in [7, 11) is 0. The van der Waals surface area contributed by atoms with Gasteiger partial charge in [-0.1, -0.05) is 18.2 Å². The Morgan fingerprint density at radius 1 is 1.04 bits per heavy atom. The van der Waals surface area contributed by atoms with Crippen molar-refractivity contribution in [3.05, 3.63) is 72.1 Å². The summed E-state index contributed by atoms with van der Waals surface area (Å²) in [5.74, 6) is -2.45. The van der Waals surface area contributed by atoms with Crippen molar-refractivity contribution in [3.63, 3.8) is 0 Å². The summed E-state index contributed by atoms with van der Waals surface area (Å²) in [4.78, 5) is 37.2. The van der Waals surface area contributed by atoms with Crippen molar-refractivity contribution >= 4 is 23.5 Å². The third kappa shape index (κ3) is 4.29. The van der Waals surface area contributed by atoms with E-state index >= 15 is 0 Å². The number of aliphatic carboxylic acids is 2. The molecule has 7 heteroatoms. The molecule has 1 aliphatic heterocycles. The highest BCUT2D eigenvalue weighted by atomic mass is 16.4. The van der Waals surface area contributed by atoms with Gasteiger partial charge in [-0.05, 0) is 30.7 Å². The first kappa shape index (κ1) is 17.9. The molecule has 2 heterocycles. The molecular formula is C18H16N2O5. The summed E-state index contributed by atoms with van der Waals surface area (Å²) < 4.78 is 0. The van der Waals surface area contributed by atoms with Crippen molar-refractivity contribution in [1.29, 1.82) is 0 Å². The number of anilines is 1. The summed E-state index contributed by atoms with van der Waals surface area (Å²) in [6.07, 6.45) is 4.53. The molecule has 1 atom stereocenters. The first-order valence-electron chi connectivity index (χ1n) is 7.38. The molecule has 3 rings (SSSR count). The Balaban J connectivity index is 0.000000242. The molecule has 0 aliphatic carbocycles. The van der Waals surface area contributed by atoms with Crippen LogP contribution in [0.3, 0.4) is 0 Å². The fourth-order valence-electron chi connectivity index (χ4n) is 2.49. The number of carbonyl (C=O) groups excluding carboxylic acids is 1. The highest BCUT2D eigenvalue weighted by molar-refractivity contribution is 6.10. The van der Waals surface area contributed by atoms with Crippen molar-refractivity contribution in [2.24, 2.45) is 0 Å². The van der Waals surface area contributed by atoms with E-state index in [1.54, 1.807) is 12.4 Å². The smallest absolute Gasteiger partial charge is 0.328 e. The minimum atomic E-state index is -1.26. The van der Waals surface area contributed by atoms with E-state index in [0.717, 1.165) is 16.8 Å². The maximum atomic E-state index is 12.3. The summed E-state index contributed by atoms with van der Waals surface area (Å²) in [6.45, 7) is 2.05. The largest absolute Gasteiger partial charge is 0.478 e. The van der Waals surface area contributed by atoms with Gasteiger partial charge in [-0.25, -0.2) is 9.59 Å². The van der Waals surface area contributed by atoms with Crippen LogP contribution in [0.2, 0.25) is 0 Å². The van der Waals surface area contributed by atoms with E-state index in [2.05, 4.69) is 4.98 Å². The zero-order chi connectivity index (χ0) is 18.4. The molecule has 25 heavy (non-hydrogen) atoms. The number of rotatable bonds is 3. The first-order chi connectivity index (χ1) is 11.9. The maximum absolute atomic E-state index is 12.3. The number of fused-ring (bicyclic) bond motifs is 1. The van der Waals surface area contributed by atoms with Gasteiger partial charge in [0.2, 0.25) is 0 Å². The van der Waals surface area contributed by atoms with E-state index in [9.17, 15) is 14.4 Å². The van der Waals surface area contributed by atoms with Crippen LogP contribution in [0.25, 0.3) is 0 Å². The highest BCUT2D eigenvalue weighted by Crippen LogP contribution is 2.36. The van der Waals surface area contributed by atoms with Crippen LogP contribution in [0.5, 0.6) is 0 Å². The van der Waals surface area contributed by atoms with Gasteiger partial charge in [-0.3, -0.25) is 9.78 Å². The molecular weight excluding hydrogens is 324 g/mol. The standard InChI is InChI=1S/C14H12N2O.C4H4O4/c1-10-12-4-2-3-5-13(12)14(17)16(10)11-6-8-15-9-7-11;5-3(6)1-2-4(7)8/h2-10H,1H3;1-2H,(H,5,6)(H,7,8). The lowest BCUT2D eigenvalue weighted by atomic mass is 10.1. The number of pyridine rings is 1. The molecule has 0 saturated heterocycles. The van der Waals surface area contributed by atoms with Crippen LogP contribution in [0.1, 0.15) is 28.9 Å². The average molecular weight is 340 g/mol. The Bertz CT molecular complexity index is 801. The minimum absolute atomic E-state index is 0.0688. The molecule has 0 radical (unpaired) electrons.